The summed E-state index contributed by atoms with van der Waals surface area (Å²) < 4.78 is 5.59. The highest BCUT2D eigenvalue weighted by atomic mass is 16.5. The van der Waals surface area contributed by atoms with Crippen molar-refractivity contribution in [2.24, 2.45) is 5.92 Å². The Balaban J connectivity index is 1.65. The van der Waals surface area contributed by atoms with Gasteiger partial charge in [0, 0.05) is 12.6 Å². The molecule has 2 rings (SSSR count). The maximum Gasteiger partial charge on any atom is 0.119 e. The maximum absolute atomic E-state index is 8.95. The third kappa shape index (κ3) is 3.47. The van der Waals surface area contributed by atoms with Gasteiger partial charge in [0.05, 0.1) is 12.0 Å². The molecular formula is C14H18N2O. The van der Waals surface area contributed by atoms with Crippen LogP contribution in [0, 0.1) is 17.2 Å². The summed E-state index contributed by atoms with van der Waals surface area (Å²) in [4.78, 5) is 0. The number of hydrogen-bond acceptors (Lipinski definition) is 3. The molecule has 1 aliphatic rings. The fourth-order valence-electron chi connectivity index (χ4n) is 2.29. The molecule has 0 aliphatic heterocycles. The van der Waals surface area contributed by atoms with Crippen molar-refractivity contribution >= 4 is 0 Å². The van der Waals surface area contributed by atoms with Gasteiger partial charge in [-0.3, -0.25) is 0 Å². The van der Waals surface area contributed by atoms with Gasteiger partial charge in [-0.05, 0) is 25.0 Å². The van der Waals surface area contributed by atoms with E-state index in [1.165, 1.54) is 0 Å². The highest BCUT2D eigenvalue weighted by Gasteiger charge is 2.26. The molecule has 2 unspecified atom stereocenters. The zero-order valence-corrected chi connectivity index (χ0v) is 9.93. The lowest BCUT2D eigenvalue weighted by atomic mass is 10.1. The normalized spacial score (nSPS) is 23.2. The molecular weight excluding hydrogens is 212 g/mol. The van der Waals surface area contributed by atoms with Gasteiger partial charge in [0.15, 0.2) is 0 Å². The smallest absolute Gasteiger partial charge is 0.119 e. The van der Waals surface area contributed by atoms with E-state index in [0.29, 0.717) is 12.6 Å². The van der Waals surface area contributed by atoms with E-state index < -0.39 is 0 Å². The molecule has 1 N–H and O–H groups in total. The van der Waals surface area contributed by atoms with E-state index in [4.69, 9.17) is 10.00 Å². The Bertz CT molecular complexity index is 372. The number of nitriles is 1. The second-order valence-corrected chi connectivity index (χ2v) is 4.39. The lowest BCUT2D eigenvalue weighted by molar-refractivity contribution is 0.300. The number of ether oxygens (including phenoxy) is 1. The first-order valence-corrected chi connectivity index (χ1v) is 6.21. The largest absolute Gasteiger partial charge is 0.492 e. The van der Waals surface area contributed by atoms with Crippen molar-refractivity contribution in [3.05, 3.63) is 30.3 Å². The Morgan fingerprint density at radius 2 is 2.12 bits per heavy atom. The van der Waals surface area contributed by atoms with E-state index in [2.05, 4.69) is 11.4 Å². The third-order valence-electron chi connectivity index (χ3n) is 3.20. The van der Waals surface area contributed by atoms with Crippen LogP contribution in [0.15, 0.2) is 30.3 Å². The monoisotopic (exact) mass is 230 g/mol. The maximum atomic E-state index is 8.95. The Kier molecular flexibility index (Phi) is 4.40. The van der Waals surface area contributed by atoms with Gasteiger partial charge in [0.2, 0.25) is 0 Å². The van der Waals surface area contributed by atoms with Crippen LogP contribution >= 0.6 is 0 Å². The summed E-state index contributed by atoms with van der Waals surface area (Å²) in [6.07, 6.45) is 3.31. The molecule has 1 fully saturated rings. The lowest BCUT2D eigenvalue weighted by Gasteiger charge is -2.15. The second kappa shape index (κ2) is 6.27. The Hall–Kier alpha value is -1.53. The number of para-hydroxylation sites is 1. The summed E-state index contributed by atoms with van der Waals surface area (Å²) in [6.45, 7) is 1.45. The van der Waals surface area contributed by atoms with Crippen LogP contribution in [0.1, 0.15) is 19.3 Å². The minimum absolute atomic E-state index is 0.187. The topological polar surface area (TPSA) is 45.0 Å². The predicted molar refractivity (Wildman–Crippen MR) is 66.7 cm³/mol. The number of nitrogens with zero attached hydrogens (tertiary/aromatic N) is 1. The molecule has 1 aromatic carbocycles. The fourth-order valence-corrected chi connectivity index (χ4v) is 2.29. The first kappa shape index (κ1) is 11.9. The van der Waals surface area contributed by atoms with E-state index in [1.54, 1.807) is 0 Å². The van der Waals surface area contributed by atoms with Crippen molar-refractivity contribution in [3.8, 4) is 11.8 Å². The minimum Gasteiger partial charge on any atom is -0.492 e. The molecule has 17 heavy (non-hydrogen) atoms. The Morgan fingerprint density at radius 3 is 2.88 bits per heavy atom. The summed E-state index contributed by atoms with van der Waals surface area (Å²) >= 11 is 0. The summed E-state index contributed by atoms with van der Waals surface area (Å²) in [5.41, 5.74) is 0. The lowest BCUT2D eigenvalue weighted by Crippen LogP contribution is -2.34. The predicted octanol–water partition coefficient (Wildman–Crippen LogP) is 2.35. The van der Waals surface area contributed by atoms with Gasteiger partial charge in [0.1, 0.15) is 12.4 Å². The summed E-state index contributed by atoms with van der Waals surface area (Å²) in [7, 11) is 0. The minimum atomic E-state index is 0.187. The molecule has 1 aliphatic carbocycles. The number of benzene rings is 1. The molecule has 0 spiro atoms. The van der Waals surface area contributed by atoms with Crippen molar-refractivity contribution in [1.82, 2.24) is 5.32 Å². The van der Waals surface area contributed by atoms with E-state index >= 15 is 0 Å². The number of hydrogen-bond donors (Lipinski definition) is 1. The summed E-state index contributed by atoms with van der Waals surface area (Å²) in [6, 6.07) is 12.5. The van der Waals surface area contributed by atoms with Crippen molar-refractivity contribution in [2.45, 2.75) is 25.3 Å². The molecule has 0 radical (unpaired) electrons. The molecule has 1 saturated carbocycles. The number of rotatable bonds is 5. The van der Waals surface area contributed by atoms with Crippen LogP contribution < -0.4 is 10.1 Å². The van der Waals surface area contributed by atoms with Gasteiger partial charge in [0.25, 0.3) is 0 Å². The standard InChI is InChI=1S/C14H18N2O/c15-11-12-5-4-8-14(12)16-9-10-17-13-6-2-1-3-7-13/h1-3,6-7,12,14,16H,4-5,8-10H2. The molecule has 0 saturated heterocycles. The SMILES string of the molecule is N#CC1CCCC1NCCOc1ccccc1. The molecule has 3 nitrogen and oxygen atoms in total. The average molecular weight is 230 g/mol. The van der Waals surface area contributed by atoms with Gasteiger partial charge < -0.3 is 10.1 Å². The Morgan fingerprint density at radius 1 is 1.29 bits per heavy atom. The van der Waals surface area contributed by atoms with E-state index in [1.807, 2.05) is 30.3 Å². The molecule has 0 aromatic heterocycles. The van der Waals surface area contributed by atoms with Crippen molar-refractivity contribution in [3.63, 3.8) is 0 Å². The molecule has 1 aromatic rings. The van der Waals surface area contributed by atoms with Crippen molar-refractivity contribution in [1.29, 1.82) is 5.26 Å². The van der Waals surface area contributed by atoms with Crippen molar-refractivity contribution < 1.29 is 4.74 Å². The molecule has 3 heteroatoms. The van der Waals surface area contributed by atoms with Crippen molar-refractivity contribution in [2.75, 3.05) is 13.2 Å². The summed E-state index contributed by atoms with van der Waals surface area (Å²) in [5, 5.41) is 12.4. The molecule has 2 atom stereocenters. The van der Waals surface area contributed by atoms with Gasteiger partial charge >= 0.3 is 0 Å². The van der Waals surface area contributed by atoms with Gasteiger partial charge in [-0.25, -0.2) is 0 Å². The van der Waals surface area contributed by atoms with E-state index in [0.717, 1.165) is 31.6 Å². The Labute approximate surface area is 102 Å². The molecule has 0 bridgehead atoms. The molecule has 0 heterocycles. The first-order valence-electron chi connectivity index (χ1n) is 6.21. The highest BCUT2D eigenvalue weighted by molar-refractivity contribution is 5.20. The van der Waals surface area contributed by atoms with Crippen LogP contribution in [0.3, 0.4) is 0 Å². The third-order valence-corrected chi connectivity index (χ3v) is 3.20. The molecule has 90 valence electrons. The van der Waals surface area contributed by atoms with E-state index in [9.17, 15) is 0 Å². The quantitative estimate of drug-likeness (QED) is 0.790. The molecule has 0 amide bonds. The van der Waals surface area contributed by atoms with Crippen LogP contribution in [0.5, 0.6) is 5.75 Å². The first-order chi connectivity index (χ1) is 8.40. The van der Waals surface area contributed by atoms with Crippen LogP contribution in [-0.4, -0.2) is 19.2 Å². The average Bonchev–Trinajstić information content (AvgIpc) is 2.83. The van der Waals surface area contributed by atoms with Gasteiger partial charge in [-0.15, -0.1) is 0 Å². The van der Waals surface area contributed by atoms with E-state index in [-0.39, 0.29) is 5.92 Å². The van der Waals surface area contributed by atoms with Gasteiger partial charge in [-0.1, -0.05) is 24.6 Å². The van der Waals surface area contributed by atoms with Crippen LogP contribution in [0.4, 0.5) is 0 Å². The summed E-state index contributed by atoms with van der Waals surface area (Å²) in [5.74, 6) is 1.09. The van der Waals surface area contributed by atoms with Gasteiger partial charge in [-0.2, -0.15) is 5.26 Å². The zero-order chi connectivity index (χ0) is 11.9. The highest BCUT2D eigenvalue weighted by Crippen LogP contribution is 2.24. The van der Waals surface area contributed by atoms with Crippen LogP contribution in [0.25, 0.3) is 0 Å². The zero-order valence-electron chi connectivity index (χ0n) is 9.93. The van der Waals surface area contributed by atoms with Crippen LogP contribution in [-0.2, 0) is 0 Å². The van der Waals surface area contributed by atoms with Crippen LogP contribution in [0.2, 0.25) is 0 Å². The second-order valence-electron chi connectivity index (χ2n) is 4.39. The fraction of sp³-hybridized carbons (Fsp3) is 0.500. The number of nitrogens with one attached hydrogen (secondary N) is 1.